The van der Waals surface area contributed by atoms with Gasteiger partial charge in [-0.05, 0) is 32.9 Å². The first-order valence-corrected chi connectivity index (χ1v) is 7.08. The summed E-state index contributed by atoms with van der Waals surface area (Å²) in [5.74, 6) is 0. The van der Waals surface area contributed by atoms with Gasteiger partial charge in [0.05, 0.1) is 12.7 Å². The largest absolute Gasteiger partial charge is 0.374 e. The van der Waals surface area contributed by atoms with Gasteiger partial charge in [-0.2, -0.15) is 0 Å². The van der Waals surface area contributed by atoms with Gasteiger partial charge in [0.2, 0.25) is 0 Å². The SMILES string of the molecule is CN1CCOC(CN2CCC(NC3CC3)C2)C1. The Balaban J connectivity index is 1.40. The van der Waals surface area contributed by atoms with Gasteiger partial charge in [0, 0.05) is 38.3 Å². The zero-order chi connectivity index (χ0) is 11.7. The van der Waals surface area contributed by atoms with E-state index in [0.717, 1.165) is 38.3 Å². The van der Waals surface area contributed by atoms with Crippen molar-refractivity contribution in [3.63, 3.8) is 0 Å². The van der Waals surface area contributed by atoms with Gasteiger partial charge >= 0.3 is 0 Å². The van der Waals surface area contributed by atoms with Gasteiger partial charge in [0.25, 0.3) is 0 Å². The highest BCUT2D eigenvalue weighted by atomic mass is 16.5. The normalized spacial score (nSPS) is 36.5. The Morgan fingerprint density at radius 1 is 1.12 bits per heavy atom. The molecule has 1 aliphatic carbocycles. The maximum absolute atomic E-state index is 5.84. The molecule has 3 aliphatic rings. The van der Waals surface area contributed by atoms with Crippen LogP contribution in [0.2, 0.25) is 0 Å². The minimum atomic E-state index is 0.424. The molecule has 0 aromatic carbocycles. The van der Waals surface area contributed by atoms with Crippen LogP contribution in [0.15, 0.2) is 0 Å². The Hall–Kier alpha value is -0.160. The summed E-state index contributed by atoms with van der Waals surface area (Å²) in [6.07, 6.45) is 4.53. The summed E-state index contributed by atoms with van der Waals surface area (Å²) in [6.45, 7) is 6.67. The van der Waals surface area contributed by atoms with Gasteiger partial charge in [-0.25, -0.2) is 0 Å². The zero-order valence-electron chi connectivity index (χ0n) is 10.9. The highest BCUT2D eigenvalue weighted by Crippen LogP contribution is 2.22. The van der Waals surface area contributed by atoms with Crippen LogP contribution in [0.5, 0.6) is 0 Å². The molecule has 2 aliphatic heterocycles. The number of ether oxygens (including phenoxy) is 1. The predicted molar refractivity (Wildman–Crippen MR) is 68.2 cm³/mol. The van der Waals surface area contributed by atoms with Crippen LogP contribution < -0.4 is 5.32 Å². The van der Waals surface area contributed by atoms with Crippen LogP contribution in [-0.2, 0) is 4.74 Å². The van der Waals surface area contributed by atoms with Crippen molar-refractivity contribution in [2.45, 2.75) is 37.5 Å². The molecule has 4 nitrogen and oxygen atoms in total. The smallest absolute Gasteiger partial charge is 0.0829 e. The second kappa shape index (κ2) is 5.22. The fourth-order valence-electron chi connectivity index (χ4n) is 2.98. The topological polar surface area (TPSA) is 27.7 Å². The van der Waals surface area contributed by atoms with Crippen molar-refractivity contribution in [3.05, 3.63) is 0 Å². The average molecular weight is 239 g/mol. The fourth-order valence-corrected chi connectivity index (χ4v) is 2.98. The molecule has 0 aromatic heterocycles. The van der Waals surface area contributed by atoms with Crippen LogP contribution in [0.4, 0.5) is 0 Å². The van der Waals surface area contributed by atoms with Crippen molar-refractivity contribution in [1.29, 1.82) is 0 Å². The van der Waals surface area contributed by atoms with Crippen LogP contribution in [-0.4, -0.2) is 74.4 Å². The van der Waals surface area contributed by atoms with Crippen LogP contribution in [0.3, 0.4) is 0 Å². The van der Waals surface area contributed by atoms with Crippen molar-refractivity contribution in [2.75, 3.05) is 46.4 Å². The number of likely N-dealkylation sites (tertiary alicyclic amines) is 1. The van der Waals surface area contributed by atoms with Crippen LogP contribution in [0.1, 0.15) is 19.3 Å². The number of hydrogen-bond donors (Lipinski definition) is 1. The van der Waals surface area contributed by atoms with E-state index >= 15 is 0 Å². The first kappa shape index (κ1) is 11.9. The summed E-state index contributed by atoms with van der Waals surface area (Å²) < 4.78 is 5.84. The molecule has 98 valence electrons. The molecule has 0 amide bonds. The average Bonchev–Trinajstić information content (AvgIpc) is 2.99. The van der Waals surface area contributed by atoms with Crippen molar-refractivity contribution < 1.29 is 4.74 Å². The fraction of sp³-hybridized carbons (Fsp3) is 1.00. The molecule has 0 radical (unpaired) electrons. The molecular formula is C13H25N3O. The Bertz CT molecular complexity index is 257. The summed E-state index contributed by atoms with van der Waals surface area (Å²) in [4.78, 5) is 4.95. The molecule has 2 heterocycles. The number of likely N-dealkylation sites (N-methyl/N-ethyl adjacent to an activating group) is 1. The van der Waals surface area contributed by atoms with Crippen molar-refractivity contribution >= 4 is 0 Å². The monoisotopic (exact) mass is 239 g/mol. The minimum Gasteiger partial charge on any atom is -0.374 e. The molecule has 2 unspecified atom stereocenters. The Morgan fingerprint density at radius 3 is 2.76 bits per heavy atom. The summed E-state index contributed by atoms with van der Waals surface area (Å²) in [5, 5.41) is 3.74. The molecule has 4 heteroatoms. The van der Waals surface area contributed by atoms with E-state index in [1.165, 1.54) is 32.4 Å². The van der Waals surface area contributed by atoms with Gasteiger partial charge in [-0.15, -0.1) is 0 Å². The third-order valence-electron chi connectivity index (χ3n) is 4.12. The van der Waals surface area contributed by atoms with Crippen LogP contribution in [0.25, 0.3) is 0 Å². The van der Waals surface area contributed by atoms with Gasteiger partial charge in [0.1, 0.15) is 0 Å². The van der Waals surface area contributed by atoms with E-state index in [-0.39, 0.29) is 0 Å². The van der Waals surface area contributed by atoms with E-state index in [0.29, 0.717) is 6.10 Å². The Kier molecular flexibility index (Phi) is 3.66. The first-order valence-electron chi connectivity index (χ1n) is 7.08. The van der Waals surface area contributed by atoms with Crippen LogP contribution >= 0.6 is 0 Å². The molecule has 1 N–H and O–H groups in total. The molecule has 0 spiro atoms. The lowest BCUT2D eigenvalue weighted by atomic mass is 10.2. The van der Waals surface area contributed by atoms with E-state index in [2.05, 4.69) is 22.2 Å². The highest BCUT2D eigenvalue weighted by molar-refractivity contribution is 4.90. The van der Waals surface area contributed by atoms with Crippen LogP contribution in [0, 0.1) is 0 Å². The highest BCUT2D eigenvalue weighted by Gasteiger charge is 2.30. The van der Waals surface area contributed by atoms with E-state index in [1.807, 2.05) is 0 Å². The van der Waals surface area contributed by atoms with Gasteiger partial charge < -0.3 is 15.0 Å². The number of nitrogens with one attached hydrogen (secondary N) is 1. The molecular weight excluding hydrogens is 214 g/mol. The first-order chi connectivity index (χ1) is 8.29. The molecule has 0 aromatic rings. The number of nitrogens with zero attached hydrogens (tertiary/aromatic N) is 2. The third kappa shape index (κ3) is 3.41. The summed E-state index contributed by atoms with van der Waals surface area (Å²) in [5.41, 5.74) is 0. The maximum Gasteiger partial charge on any atom is 0.0829 e. The molecule has 3 fully saturated rings. The predicted octanol–water partition coefficient (Wildman–Crippen LogP) is 0.143. The van der Waals surface area contributed by atoms with Crippen molar-refractivity contribution in [2.24, 2.45) is 0 Å². The van der Waals surface area contributed by atoms with Crippen molar-refractivity contribution in [1.82, 2.24) is 15.1 Å². The Labute approximate surface area is 104 Å². The molecule has 17 heavy (non-hydrogen) atoms. The van der Waals surface area contributed by atoms with E-state index in [9.17, 15) is 0 Å². The number of hydrogen-bond acceptors (Lipinski definition) is 4. The van der Waals surface area contributed by atoms with E-state index < -0.39 is 0 Å². The lowest BCUT2D eigenvalue weighted by Gasteiger charge is -2.32. The summed E-state index contributed by atoms with van der Waals surface area (Å²) in [7, 11) is 2.19. The third-order valence-corrected chi connectivity index (χ3v) is 4.12. The number of morpholine rings is 1. The molecule has 2 saturated heterocycles. The van der Waals surface area contributed by atoms with Gasteiger partial charge in [-0.3, -0.25) is 4.90 Å². The van der Waals surface area contributed by atoms with Gasteiger partial charge in [0.15, 0.2) is 0 Å². The summed E-state index contributed by atoms with van der Waals surface area (Å²) in [6, 6.07) is 1.58. The standard InChI is InChI=1S/C13H25N3O/c1-15-6-7-17-13(9-15)10-16-5-4-12(8-16)14-11-2-3-11/h11-14H,2-10H2,1H3. The lowest BCUT2D eigenvalue weighted by molar-refractivity contribution is -0.0330. The molecule has 2 atom stereocenters. The maximum atomic E-state index is 5.84. The number of rotatable bonds is 4. The Morgan fingerprint density at radius 2 is 2.00 bits per heavy atom. The van der Waals surface area contributed by atoms with Crippen molar-refractivity contribution in [3.8, 4) is 0 Å². The second-order valence-corrected chi connectivity index (χ2v) is 5.94. The quantitative estimate of drug-likeness (QED) is 0.755. The second-order valence-electron chi connectivity index (χ2n) is 5.94. The lowest BCUT2D eigenvalue weighted by Crippen LogP contribution is -2.46. The summed E-state index contributed by atoms with van der Waals surface area (Å²) >= 11 is 0. The zero-order valence-corrected chi connectivity index (χ0v) is 10.9. The molecule has 3 rings (SSSR count). The van der Waals surface area contributed by atoms with E-state index in [1.54, 1.807) is 0 Å². The van der Waals surface area contributed by atoms with E-state index in [4.69, 9.17) is 4.74 Å². The van der Waals surface area contributed by atoms with Gasteiger partial charge in [-0.1, -0.05) is 0 Å². The minimum absolute atomic E-state index is 0.424. The molecule has 0 bridgehead atoms. The molecule has 1 saturated carbocycles.